The van der Waals surface area contributed by atoms with Crippen molar-refractivity contribution in [1.82, 2.24) is 4.72 Å². The van der Waals surface area contributed by atoms with E-state index in [1.165, 1.54) is 24.5 Å². The molecule has 31 heavy (non-hydrogen) atoms. The van der Waals surface area contributed by atoms with E-state index in [1.54, 1.807) is 30.3 Å². The van der Waals surface area contributed by atoms with E-state index in [9.17, 15) is 13.2 Å². The summed E-state index contributed by atoms with van der Waals surface area (Å²) >= 11 is 0. The molecule has 0 unspecified atom stereocenters. The predicted octanol–water partition coefficient (Wildman–Crippen LogP) is 3.70. The summed E-state index contributed by atoms with van der Waals surface area (Å²) in [5.74, 6) is 0.763. The lowest BCUT2D eigenvalue weighted by Gasteiger charge is -2.08. The first-order chi connectivity index (χ1) is 14.9. The summed E-state index contributed by atoms with van der Waals surface area (Å²) in [6.45, 7) is 2.38. The van der Waals surface area contributed by atoms with Crippen molar-refractivity contribution in [2.45, 2.75) is 18.4 Å². The lowest BCUT2D eigenvalue weighted by atomic mass is 10.2. The number of para-hydroxylation sites is 1. The fourth-order valence-electron chi connectivity index (χ4n) is 2.65. The molecule has 8 heteroatoms. The Morgan fingerprint density at radius 2 is 1.81 bits per heavy atom. The predicted molar refractivity (Wildman–Crippen MR) is 116 cm³/mol. The molecular weight excluding hydrogens is 418 g/mol. The van der Waals surface area contributed by atoms with Crippen molar-refractivity contribution < 1.29 is 27.1 Å². The van der Waals surface area contributed by atoms with Gasteiger partial charge in [0, 0.05) is 6.08 Å². The van der Waals surface area contributed by atoms with Gasteiger partial charge in [-0.15, -0.1) is 0 Å². The highest BCUT2D eigenvalue weighted by Gasteiger charge is 2.14. The Morgan fingerprint density at radius 1 is 1.03 bits per heavy atom. The number of hydrogen-bond donors (Lipinski definition) is 1. The van der Waals surface area contributed by atoms with Crippen molar-refractivity contribution in [2.24, 2.45) is 0 Å². The number of nitrogens with one attached hydrogen (secondary N) is 1. The fraction of sp³-hybridized carbons (Fsp3) is 0.174. The molecule has 2 aromatic carbocycles. The maximum absolute atomic E-state index is 12.3. The molecule has 0 fully saturated rings. The Morgan fingerprint density at radius 3 is 2.52 bits per heavy atom. The molecule has 7 nitrogen and oxygen atoms in total. The van der Waals surface area contributed by atoms with Gasteiger partial charge in [0.05, 0.1) is 17.7 Å². The molecule has 0 aliphatic rings. The maximum atomic E-state index is 12.3. The first kappa shape index (κ1) is 22.3. The Bertz CT molecular complexity index is 1120. The van der Waals surface area contributed by atoms with Crippen LogP contribution in [0, 0.1) is 6.92 Å². The van der Waals surface area contributed by atoms with Crippen molar-refractivity contribution in [3.63, 3.8) is 0 Å². The third kappa shape index (κ3) is 6.84. The second kappa shape index (κ2) is 10.6. The molecule has 0 bridgehead atoms. The summed E-state index contributed by atoms with van der Waals surface area (Å²) in [5.41, 5.74) is 1.67. The molecule has 0 radical (unpaired) electrons. The van der Waals surface area contributed by atoms with E-state index in [1.807, 2.05) is 31.2 Å². The smallest absolute Gasteiger partial charge is 0.330 e. The molecule has 0 atom stereocenters. The molecule has 1 heterocycles. The molecule has 0 saturated heterocycles. The molecule has 0 aliphatic carbocycles. The highest BCUT2D eigenvalue weighted by molar-refractivity contribution is 7.89. The van der Waals surface area contributed by atoms with Crippen LogP contribution in [-0.4, -0.2) is 27.6 Å². The minimum absolute atomic E-state index is 0.0659. The van der Waals surface area contributed by atoms with Gasteiger partial charge < -0.3 is 13.9 Å². The second-order valence-corrected chi connectivity index (χ2v) is 8.35. The van der Waals surface area contributed by atoms with Crippen molar-refractivity contribution in [3.8, 4) is 5.75 Å². The summed E-state index contributed by atoms with van der Waals surface area (Å²) in [6.07, 6.45) is 4.32. The summed E-state index contributed by atoms with van der Waals surface area (Å²) in [5, 5.41) is 0. The average Bonchev–Trinajstić information content (AvgIpc) is 3.29. The van der Waals surface area contributed by atoms with Crippen LogP contribution in [0.3, 0.4) is 0 Å². The van der Waals surface area contributed by atoms with E-state index in [2.05, 4.69) is 4.72 Å². The van der Waals surface area contributed by atoms with Crippen LogP contribution in [0.25, 0.3) is 6.08 Å². The zero-order valence-corrected chi connectivity index (χ0v) is 17.8. The third-order valence-electron chi connectivity index (χ3n) is 4.30. The largest absolute Gasteiger partial charge is 0.490 e. The number of aryl methyl sites for hydroxylation is 1. The number of hydrogen-bond acceptors (Lipinski definition) is 6. The lowest BCUT2D eigenvalue weighted by Crippen LogP contribution is -2.22. The minimum Gasteiger partial charge on any atom is -0.490 e. The van der Waals surface area contributed by atoms with Crippen LogP contribution in [0.5, 0.6) is 5.75 Å². The summed E-state index contributed by atoms with van der Waals surface area (Å²) in [6, 6.07) is 17.1. The number of carbonyl (C=O) groups excluding carboxylic acids is 1. The number of sulfonamides is 1. The van der Waals surface area contributed by atoms with Crippen LogP contribution in [0.15, 0.2) is 82.3 Å². The molecule has 1 aromatic heterocycles. The van der Waals surface area contributed by atoms with Crippen molar-refractivity contribution in [2.75, 3.05) is 13.2 Å². The highest BCUT2D eigenvalue weighted by Crippen LogP contribution is 2.16. The van der Waals surface area contributed by atoms with Gasteiger partial charge in [-0.3, -0.25) is 0 Å². The van der Waals surface area contributed by atoms with Crippen molar-refractivity contribution in [3.05, 3.63) is 89.9 Å². The number of carbonyl (C=O) groups is 1. The van der Waals surface area contributed by atoms with Crippen LogP contribution >= 0.6 is 0 Å². The topological polar surface area (TPSA) is 94.8 Å². The van der Waals surface area contributed by atoms with E-state index in [4.69, 9.17) is 13.9 Å². The van der Waals surface area contributed by atoms with Crippen LogP contribution in [-0.2, 0) is 26.1 Å². The third-order valence-corrected chi connectivity index (χ3v) is 5.71. The number of ether oxygens (including phenoxy) is 2. The monoisotopic (exact) mass is 441 g/mol. The molecule has 3 aromatic rings. The molecule has 0 spiro atoms. The van der Waals surface area contributed by atoms with E-state index >= 15 is 0 Å². The van der Waals surface area contributed by atoms with Crippen LogP contribution < -0.4 is 9.46 Å². The van der Waals surface area contributed by atoms with Gasteiger partial charge in [-0.1, -0.05) is 30.3 Å². The first-order valence-electron chi connectivity index (χ1n) is 9.59. The fourth-order valence-corrected chi connectivity index (χ4v) is 3.64. The highest BCUT2D eigenvalue weighted by atomic mass is 32.2. The Hall–Kier alpha value is -3.36. The standard InChI is InChI=1S/C23H23NO6S/c1-18-5-2-3-7-22(18)29-15-16-30-23(25)13-10-19-8-11-21(12-9-19)31(26,27)24-17-20-6-4-14-28-20/h2-14,24H,15-17H2,1H3/b13-10+. The van der Waals surface area contributed by atoms with E-state index in [0.717, 1.165) is 11.3 Å². The molecule has 0 saturated carbocycles. The van der Waals surface area contributed by atoms with E-state index in [0.29, 0.717) is 11.3 Å². The molecule has 3 rings (SSSR count). The van der Waals surface area contributed by atoms with Gasteiger partial charge in [-0.2, -0.15) is 0 Å². The maximum Gasteiger partial charge on any atom is 0.330 e. The first-order valence-corrected chi connectivity index (χ1v) is 11.1. The van der Waals surface area contributed by atoms with Gasteiger partial charge in [-0.05, 0) is 54.5 Å². The Kier molecular flexibility index (Phi) is 7.64. The summed E-state index contributed by atoms with van der Waals surface area (Å²) < 4.78 is 42.9. The minimum atomic E-state index is -3.67. The average molecular weight is 442 g/mol. The van der Waals surface area contributed by atoms with Crippen molar-refractivity contribution >= 4 is 22.1 Å². The quantitative estimate of drug-likeness (QED) is 0.293. The van der Waals surface area contributed by atoms with Gasteiger partial charge >= 0.3 is 5.97 Å². The summed E-state index contributed by atoms with van der Waals surface area (Å²) in [4.78, 5) is 12.0. The molecule has 0 amide bonds. The second-order valence-electron chi connectivity index (χ2n) is 6.59. The van der Waals surface area contributed by atoms with E-state index in [-0.39, 0.29) is 24.7 Å². The zero-order chi connectivity index (χ0) is 22.1. The van der Waals surface area contributed by atoms with Crippen LogP contribution in [0.4, 0.5) is 0 Å². The molecule has 1 N–H and O–H groups in total. The molecule has 0 aliphatic heterocycles. The number of esters is 1. The van der Waals surface area contributed by atoms with Gasteiger partial charge in [0.2, 0.25) is 10.0 Å². The Balaban J connectivity index is 1.45. The normalized spacial score (nSPS) is 11.5. The van der Waals surface area contributed by atoms with Crippen LogP contribution in [0.2, 0.25) is 0 Å². The SMILES string of the molecule is Cc1ccccc1OCCOC(=O)/C=C/c1ccc(S(=O)(=O)NCc2ccco2)cc1. The number of benzene rings is 2. The molecule has 162 valence electrons. The number of rotatable bonds is 10. The van der Waals surface area contributed by atoms with E-state index < -0.39 is 16.0 Å². The molecular formula is C23H23NO6S. The Labute approximate surface area is 181 Å². The number of furan rings is 1. The lowest BCUT2D eigenvalue weighted by molar-refractivity contribution is -0.138. The van der Waals surface area contributed by atoms with Crippen molar-refractivity contribution in [1.29, 1.82) is 0 Å². The van der Waals surface area contributed by atoms with Gasteiger partial charge in [-0.25, -0.2) is 17.9 Å². The zero-order valence-electron chi connectivity index (χ0n) is 17.0. The van der Waals surface area contributed by atoms with Gasteiger partial charge in [0.25, 0.3) is 0 Å². The van der Waals surface area contributed by atoms with Crippen LogP contribution in [0.1, 0.15) is 16.9 Å². The van der Waals surface area contributed by atoms with Gasteiger partial charge in [0.1, 0.15) is 24.7 Å². The summed E-state index contributed by atoms with van der Waals surface area (Å²) in [7, 11) is -3.67. The van der Waals surface area contributed by atoms with Gasteiger partial charge in [0.15, 0.2) is 0 Å².